The minimum Gasteiger partial charge on any atom is -0.370 e. The number of benzene rings is 1. The monoisotopic (exact) mass is 287 g/mol. The second-order valence-corrected chi connectivity index (χ2v) is 5.74. The summed E-state index contributed by atoms with van der Waals surface area (Å²) in [6, 6.07) is 7.96. The molecular weight excluding hydrogens is 266 g/mol. The third-order valence-electron chi connectivity index (χ3n) is 4.24. The first-order valence-electron chi connectivity index (χ1n) is 7.65. The number of anilines is 2. The number of piperidine rings is 1. The van der Waals surface area contributed by atoms with Crippen LogP contribution in [-0.4, -0.2) is 31.4 Å². The molecule has 2 saturated heterocycles. The van der Waals surface area contributed by atoms with Gasteiger partial charge in [0.15, 0.2) is 0 Å². The van der Waals surface area contributed by atoms with Crippen LogP contribution in [0.15, 0.2) is 24.3 Å². The summed E-state index contributed by atoms with van der Waals surface area (Å²) >= 11 is 0. The molecule has 0 spiro atoms. The van der Waals surface area contributed by atoms with E-state index in [-0.39, 0.29) is 17.7 Å². The highest BCUT2D eigenvalue weighted by Crippen LogP contribution is 2.29. The van der Waals surface area contributed by atoms with E-state index < -0.39 is 0 Å². The Morgan fingerprint density at radius 1 is 1.24 bits per heavy atom. The quantitative estimate of drug-likeness (QED) is 0.890. The number of hydrogen-bond acceptors (Lipinski definition) is 3. The van der Waals surface area contributed by atoms with Crippen molar-refractivity contribution in [2.75, 3.05) is 29.9 Å². The molecule has 3 rings (SSSR count). The number of amides is 2. The van der Waals surface area contributed by atoms with Crippen LogP contribution < -0.4 is 15.5 Å². The molecule has 5 nitrogen and oxygen atoms in total. The maximum Gasteiger partial charge on any atom is 0.229 e. The van der Waals surface area contributed by atoms with Gasteiger partial charge in [-0.3, -0.25) is 9.59 Å². The van der Waals surface area contributed by atoms with Gasteiger partial charge in [-0.15, -0.1) is 0 Å². The van der Waals surface area contributed by atoms with Crippen LogP contribution in [0.2, 0.25) is 0 Å². The summed E-state index contributed by atoms with van der Waals surface area (Å²) in [5, 5.41) is 5.80. The minimum absolute atomic E-state index is 0.00152. The van der Waals surface area contributed by atoms with Gasteiger partial charge in [-0.25, -0.2) is 0 Å². The molecule has 2 heterocycles. The van der Waals surface area contributed by atoms with E-state index in [1.54, 1.807) is 0 Å². The third kappa shape index (κ3) is 3.17. The van der Waals surface area contributed by atoms with Gasteiger partial charge in [0.25, 0.3) is 0 Å². The fourth-order valence-corrected chi connectivity index (χ4v) is 3.00. The van der Waals surface area contributed by atoms with E-state index in [4.69, 9.17) is 0 Å². The number of nitrogens with one attached hydrogen (secondary N) is 2. The van der Waals surface area contributed by atoms with Crippen LogP contribution in [-0.2, 0) is 9.59 Å². The fourth-order valence-electron chi connectivity index (χ4n) is 3.00. The van der Waals surface area contributed by atoms with E-state index in [0.29, 0.717) is 19.4 Å². The third-order valence-corrected chi connectivity index (χ3v) is 4.24. The molecule has 2 N–H and O–H groups in total. The Labute approximate surface area is 124 Å². The zero-order valence-corrected chi connectivity index (χ0v) is 12.1. The normalized spacial score (nSPS) is 22.0. The average Bonchev–Trinajstić information content (AvgIpc) is 3.02. The van der Waals surface area contributed by atoms with Crippen molar-refractivity contribution in [3.05, 3.63) is 24.3 Å². The Balaban J connectivity index is 1.69. The van der Waals surface area contributed by atoms with E-state index in [2.05, 4.69) is 21.6 Å². The zero-order chi connectivity index (χ0) is 14.7. The molecule has 112 valence electrons. The van der Waals surface area contributed by atoms with Gasteiger partial charge >= 0.3 is 0 Å². The van der Waals surface area contributed by atoms with Crippen molar-refractivity contribution in [3.63, 3.8) is 0 Å². The first-order chi connectivity index (χ1) is 10.2. The molecular formula is C16H21N3O2. The van der Waals surface area contributed by atoms with Crippen LogP contribution in [0.3, 0.4) is 0 Å². The molecule has 2 amide bonds. The number of carbonyl (C=O) groups is 2. The van der Waals surface area contributed by atoms with Gasteiger partial charge in [0.2, 0.25) is 11.8 Å². The fraction of sp³-hybridized carbons (Fsp3) is 0.500. The maximum atomic E-state index is 12.4. The standard InChI is InChI=1S/C16H21N3O2/c20-15-8-7-12(11-17-15)16(21)18-13-5-1-2-6-14(13)19-9-3-4-10-19/h1-2,5-6,12H,3-4,7-11H2,(H,17,20)(H,18,21). The lowest BCUT2D eigenvalue weighted by molar-refractivity contribution is -0.126. The van der Waals surface area contributed by atoms with Crippen molar-refractivity contribution in [1.29, 1.82) is 0 Å². The number of hydrogen-bond donors (Lipinski definition) is 2. The van der Waals surface area contributed by atoms with Crippen molar-refractivity contribution < 1.29 is 9.59 Å². The highest BCUT2D eigenvalue weighted by Gasteiger charge is 2.25. The minimum atomic E-state index is -0.130. The molecule has 2 aliphatic rings. The molecule has 0 aliphatic carbocycles. The van der Waals surface area contributed by atoms with E-state index in [9.17, 15) is 9.59 Å². The molecule has 0 saturated carbocycles. The Morgan fingerprint density at radius 3 is 2.71 bits per heavy atom. The van der Waals surface area contributed by atoms with Crippen molar-refractivity contribution in [1.82, 2.24) is 5.32 Å². The molecule has 1 aromatic rings. The van der Waals surface area contributed by atoms with Crippen molar-refractivity contribution in [2.45, 2.75) is 25.7 Å². The largest absolute Gasteiger partial charge is 0.370 e. The SMILES string of the molecule is O=C1CCC(C(=O)Nc2ccccc2N2CCCC2)CN1. The highest BCUT2D eigenvalue weighted by molar-refractivity contribution is 5.97. The van der Waals surface area contributed by atoms with Crippen LogP contribution in [0.4, 0.5) is 11.4 Å². The van der Waals surface area contributed by atoms with Gasteiger partial charge in [0, 0.05) is 26.1 Å². The molecule has 1 aromatic carbocycles. The molecule has 1 atom stereocenters. The second-order valence-electron chi connectivity index (χ2n) is 5.74. The summed E-state index contributed by atoms with van der Waals surface area (Å²) < 4.78 is 0. The summed E-state index contributed by atoms with van der Waals surface area (Å²) in [5.74, 6) is -0.0903. The van der Waals surface area contributed by atoms with Crippen molar-refractivity contribution >= 4 is 23.2 Å². The van der Waals surface area contributed by atoms with Crippen LogP contribution in [0, 0.1) is 5.92 Å². The van der Waals surface area contributed by atoms with Crippen LogP contribution >= 0.6 is 0 Å². The molecule has 21 heavy (non-hydrogen) atoms. The Hall–Kier alpha value is -2.04. The van der Waals surface area contributed by atoms with E-state index >= 15 is 0 Å². The Morgan fingerprint density at radius 2 is 2.00 bits per heavy atom. The Bertz CT molecular complexity index is 528. The van der Waals surface area contributed by atoms with E-state index in [1.165, 1.54) is 12.8 Å². The summed E-state index contributed by atoms with van der Waals surface area (Å²) in [6.45, 7) is 2.54. The number of para-hydroxylation sites is 2. The molecule has 0 radical (unpaired) electrons. The Kier molecular flexibility index (Phi) is 4.08. The van der Waals surface area contributed by atoms with Gasteiger partial charge in [-0.2, -0.15) is 0 Å². The van der Waals surface area contributed by atoms with Gasteiger partial charge in [-0.1, -0.05) is 12.1 Å². The lowest BCUT2D eigenvalue weighted by atomic mass is 9.98. The van der Waals surface area contributed by atoms with Crippen LogP contribution in [0.5, 0.6) is 0 Å². The van der Waals surface area contributed by atoms with Gasteiger partial charge in [0.1, 0.15) is 0 Å². The summed E-state index contributed by atoms with van der Waals surface area (Å²) in [6.07, 6.45) is 3.48. The summed E-state index contributed by atoms with van der Waals surface area (Å²) in [4.78, 5) is 25.8. The zero-order valence-electron chi connectivity index (χ0n) is 12.1. The smallest absolute Gasteiger partial charge is 0.229 e. The van der Waals surface area contributed by atoms with Gasteiger partial charge < -0.3 is 15.5 Å². The summed E-state index contributed by atoms with van der Waals surface area (Å²) in [7, 11) is 0. The van der Waals surface area contributed by atoms with Crippen LogP contribution in [0.1, 0.15) is 25.7 Å². The van der Waals surface area contributed by atoms with E-state index in [0.717, 1.165) is 24.5 Å². The first kappa shape index (κ1) is 13.9. The first-order valence-corrected chi connectivity index (χ1v) is 7.65. The number of nitrogens with zero attached hydrogens (tertiary/aromatic N) is 1. The predicted octanol–water partition coefficient (Wildman–Crippen LogP) is 1.75. The number of rotatable bonds is 3. The molecule has 5 heteroatoms. The lowest BCUT2D eigenvalue weighted by Gasteiger charge is -2.24. The van der Waals surface area contributed by atoms with Crippen molar-refractivity contribution in [3.8, 4) is 0 Å². The molecule has 1 unspecified atom stereocenters. The predicted molar refractivity (Wildman–Crippen MR) is 82.3 cm³/mol. The number of carbonyl (C=O) groups excluding carboxylic acids is 2. The highest BCUT2D eigenvalue weighted by atomic mass is 16.2. The topological polar surface area (TPSA) is 61.4 Å². The summed E-state index contributed by atoms with van der Waals surface area (Å²) in [5.41, 5.74) is 1.98. The van der Waals surface area contributed by atoms with Crippen LogP contribution in [0.25, 0.3) is 0 Å². The van der Waals surface area contributed by atoms with Gasteiger partial charge in [-0.05, 0) is 31.4 Å². The molecule has 0 bridgehead atoms. The second kappa shape index (κ2) is 6.16. The van der Waals surface area contributed by atoms with E-state index in [1.807, 2.05) is 18.2 Å². The average molecular weight is 287 g/mol. The van der Waals surface area contributed by atoms with Crippen molar-refractivity contribution in [2.24, 2.45) is 5.92 Å². The van der Waals surface area contributed by atoms with Gasteiger partial charge in [0.05, 0.1) is 17.3 Å². The maximum absolute atomic E-state index is 12.4. The molecule has 0 aromatic heterocycles. The molecule has 2 aliphatic heterocycles. The lowest BCUT2D eigenvalue weighted by Crippen LogP contribution is -2.40. The molecule has 2 fully saturated rings.